The van der Waals surface area contributed by atoms with Gasteiger partial charge in [0.1, 0.15) is 11.4 Å². The van der Waals surface area contributed by atoms with E-state index >= 15 is 0 Å². The number of likely N-dealkylation sites (tertiary alicyclic amines) is 1. The van der Waals surface area contributed by atoms with Crippen LogP contribution in [0.2, 0.25) is 5.02 Å². The first-order chi connectivity index (χ1) is 12.6. The molecule has 2 aromatic carbocycles. The van der Waals surface area contributed by atoms with Crippen LogP contribution in [0.15, 0.2) is 42.5 Å². The van der Waals surface area contributed by atoms with Crippen molar-refractivity contribution < 1.29 is 14.3 Å². The minimum absolute atomic E-state index is 0.114. The van der Waals surface area contributed by atoms with Crippen molar-refractivity contribution >= 4 is 17.6 Å². The third-order valence-corrected chi connectivity index (χ3v) is 5.60. The minimum Gasteiger partial charge on any atom is -0.496 e. The van der Waals surface area contributed by atoms with Gasteiger partial charge in [-0.05, 0) is 23.3 Å². The number of methoxy groups -OCH3 is 1. The number of urea groups is 1. The second-order valence-electron chi connectivity index (χ2n) is 6.69. The van der Waals surface area contributed by atoms with E-state index in [1.165, 1.54) is 11.1 Å². The van der Waals surface area contributed by atoms with Crippen LogP contribution in [-0.2, 0) is 23.5 Å². The molecule has 4 rings (SSSR count). The summed E-state index contributed by atoms with van der Waals surface area (Å²) >= 11 is 6.24. The van der Waals surface area contributed by atoms with Crippen molar-refractivity contribution in [1.29, 1.82) is 0 Å². The third kappa shape index (κ3) is 2.91. The van der Waals surface area contributed by atoms with E-state index < -0.39 is 0 Å². The predicted molar refractivity (Wildman–Crippen MR) is 99.3 cm³/mol. The summed E-state index contributed by atoms with van der Waals surface area (Å²) < 4.78 is 11.4. The van der Waals surface area contributed by atoms with Gasteiger partial charge in [-0.3, -0.25) is 0 Å². The lowest BCUT2D eigenvalue weighted by Gasteiger charge is -2.25. The first-order valence-corrected chi connectivity index (χ1v) is 9.07. The SMILES string of the molecule is COc1cccc(Cl)c1CNC(=O)N1CCC2(C1)OCc1ccccc12. The summed E-state index contributed by atoms with van der Waals surface area (Å²) in [5, 5.41) is 3.53. The van der Waals surface area contributed by atoms with Crippen LogP contribution in [0.25, 0.3) is 0 Å². The summed E-state index contributed by atoms with van der Waals surface area (Å²) in [6.45, 7) is 2.17. The fourth-order valence-electron chi connectivity index (χ4n) is 3.85. The second-order valence-corrected chi connectivity index (χ2v) is 7.10. The molecule has 2 aliphatic rings. The maximum absolute atomic E-state index is 12.7. The Morgan fingerprint density at radius 2 is 2.15 bits per heavy atom. The zero-order chi connectivity index (χ0) is 18.1. The number of ether oxygens (including phenoxy) is 2. The third-order valence-electron chi connectivity index (χ3n) is 5.24. The van der Waals surface area contributed by atoms with Crippen molar-refractivity contribution in [3.63, 3.8) is 0 Å². The summed E-state index contributed by atoms with van der Waals surface area (Å²) in [4.78, 5) is 14.5. The average molecular weight is 373 g/mol. The second kappa shape index (κ2) is 6.82. The Balaban J connectivity index is 1.43. The molecule has 5 nitrogen and oxygen atoms in total. The fourth-order valence-corrected chi connectivity index (χ4v) is 4.09. The highest BCUT2D eigenvalue weighted by atomic mass is 35.5. The van der Waals surface area contributed by atoms with Crippen LogP contribution >= 0.6 is 11.6 Å². The van der Waals surface area contributed by atoms with Gasteiger partial charge in [0.2, 0.25) is 0 Å². The number of halogens is 1. The molecule has 0 saturated carbocycles. The Kier molecular flexibility index (Phi) is 4.51. The van der Waals surface area contributed by atoms with Crippen LogP contribution in [0, 0.1) is 0 Å². The van der Waals surface area contributed by atoms with Crippen LogP contribution in [0.3, 0.4) is 0 Å². The molecule has 2 aliphatic heterocycles. The van der Waals surface area contributed by atoms with Gasteiger partial charge in [0.05, 0.1) is 20.3 Å². The van der Waals surface area contributed by atoms with Gasteiger partial charge in [0.15, 0.2) is 0 Å². The number of rotatable bonds is 3. The van der Waals surface area contributed by atoms with E-state index in [0.29, 0.717) is 37.0 Å². The lowest BCUT2D eigenvalue weighted by molar-refractivity contribution is -0.0272. The summed E-state index contributed by atoms with van der Waals surface area (Å²) in [5.74, 6) is 0.670. The Hall–Kier alpha value is -2.24. The summed E-state index contributed by atoms with van der Waals surface area (Å²) in [6, 6.07) is 13.6. The molecule has 1 N–H and O–H groups in total. The average Bonchev–Trinajstić information content (AvgIpc) is 3.26. The zero-order valence-electron chi connectivity index (χ0n) is 14.6. The number of amides is 2. The molecule has 2 heterocycles. The van der Waals surface area contributed by atoms with Gasteiger partial charge in [-0.25, -0.2) is 4.79 Å². The number of hydrogen-bond acceptors (Lipinski definition) is 3. The molecular weight excluding hydrogens is 352 g/mol. The predicted octanol–water partition coefficient (Wildman–Crippen LogP) is 3.69. The number of nitrogens with one attached hydrogen (secondary N) is 1. The number of hydrogen-bond donors (Lipinski definition) is 1. The molecule has 26 heavy (non-hydrogen) atoms. The molecule has 1 unspecified atom stereocenters. The molecule has 6 heteroatoms. The molecule has 0 bridgehead atoms. The molecule has 0 radical (unpaired) electrons. The molecule has 1 fully saturated rings. The van der Waals surface area contributed by atoms with Crippen LogP contribution < -0.4 is 10.1 Å². The molecule has 1 atom stereocenters. The van der Waals surface area contributed by atoms with E-state index in [2.05, 4.69) is 17.4 Å². The van der Waals surface area contributed by atoms with Crippen molar-refractivity contribution in [2.75, 3.05) is 20.2 Å². The molecule has 0 aromatic heterocycles. The van der Waals surface area contributed by atoms with Crippen molar-refractivity contribution in [3.8, 4) is 5.75 Å². The molecular formula is C20H21ClN2O3. The van der Waals surface area contributed by atoms with E-state index in [9.17, 15) is 4.79 Å². The summed E-state index contributed by atoms with van der Waals surface area (Å²) in [7, 11) is 1.59. The first kappa shape index (κ1) is 17.2. The lowest BCUT2D eigenvalue weighted by Crippen LogP contribution is -2.40. The highest BCUT2D eigenvalue weighted by molar-refractivity contribution is 6.31. The van der Waals surface area contributed by atoms with Gasteiger partial charge in [-0.1, -0.05) is 41.9 Å². The van der Waals surface area contributed by atoms with Crippen molar-refractivity contribution in [2.24, 2.45) is 0 Å². The number of benzene rings is 2. The highest BCUT2D eigenvalue weighted by Gasteiger charge is 2.46. The maximum atomic E-state index is 12.7. The quantitative estimate of drug-likeness (QED) is 0.894. The van der Waals surface area contributed by atoms with E-state index in [0.717, 1.165) is 12.0 Å². The van der Waals surface area contributed by atoms with Gasteiger partial charge in [0.25, 0.3) is 0 Å². The van der Waals surface area contributed by atoms with Gasteiger partial charge < -0.3 is 19.7 Å². The Morgan fingerprint density at radius 1 is 1.31 bits per heavy atom. The first-order valence-electron chi connectivity index (χ1n) is 8.69. The van der Waals surface area contributed by atoms with Gasteiger partial charge in [-0.15, -0.1) is 0 Å². The molecule has 2 amide bonds. The zero-order valence-corrected chi connectivity index (χ0v) is 15.4. The van der Waals surface area contributed by atoms with Crippen LogP contribution in [-0.4, -0.2) is 31.1 Å². The number of fused-ring (bicyclic) bond motifs is 2. The van der Waals surface area contributed by atoms with Gasteiger partial charge >= 0.3 is 6.03 Å². The van der Waals surface area contributed by atoms with Crippen molar-refractivity contribution in [3.05, 3.63) is 64.2 Å². The largest absolute Gasteiger partial charge is 0.496 e. The summed E-state index contributed by atoms with van der Waals surface area (Å²) in [6.07, 6.45) is 0.812. The standard InChI is InChI=1S/C20H21ClN2O3/c1-25-18-8-4-7-17(21)15(18)11-22-19(24)23-10-9-20(13-23)16-6-3-2-5-14(16)12-26-20/h2-8H,9-13H2,1H3,(H,22,24). The van der Waals surface area contributed by atoms with Crippen LogP contribution in [0.5, 0.6) is 5.75 Å². The van der Waals surface area contributed by atoms with Gasteiger partial charge in [0, 0.05) is 30.1 Å². The van der Waals surface area contributed by atoms with E-state index in [1.807, 2.05) is 29.2 Å². The van der Waals surface area contributed by atoms with Crippen LogP contribution in [0.4, 0.5) is 4.79 Å². The molecule has 2 aromatic rings. The van der Waals surface area contributed by atoms with E-state index in [-0.39, 0.29) is 11.6 Å². The van der Waals surface area contributed by atoms with E-state index in [4.69, 9.17) is 21.1 Å². The van der Waals surface area contributed by atoms with Crippen LogP contribution in [0.1, 0.15) is 23.1 Å². The minimum atomic E-state index is -0.365. The van der Waals surface area contributed by atoms with Crippen molar-refractivity contribution in [2.45, 2.75) is 25.2 Å². The molecule has 1 saturated heterocycles. The lowest BCUT2D eigenvalue weighted by atomic mass is 9.92. The number of carbonyl (C=O) groups excluding carboxylic acids is 1. The monoisotopic (exact) mass is 372 g/mol. The highest BCUT2D eigenvalue weighted by Crippen LogP contribution is 2.43. The summed E-state index contributed by atoms with van der Waals surface area (Å²) in [5.41, 5.74) is 2.84. The smallest absolute Gasteiger partial charge is 0.317 e. The molecule has 1 spiro atoms. The molecule has 136 valence electrons. The molecule has 0 aliphatic carbocycles. The fraction of sp³-hybridized carbons (Fsp3) is 0.350. The normalized spacial score (nSPS) is 21.1. The number of nitrogens with zero attached hydrogens (tertiary/aromatic N) is 1. The van der Waals surface area contributed by atoms with Crippen molar-refractivity contribution in [1.82, 2.24) is 10.2 Å². The Labute approximate surface area is 157 Å². The Morgan fingerprint density at radius 3 is 3.00 bits per heavy atom. The number of carbonyl (C=O) groups is 1. The topological polar surface area (TPSA) is 50.8 Å². The van der Waals surface area contributed by atoms with E-state index in [1.54, 1.807) is 13.2 Å². The maximum Gasteiger partial charge on any atom is 0.317 e. The van der Waals surface area contributed by atoms with Gasteiger partial charge in [-0.2, -0.15) is 0 Å². The Bertz CT molecular complexity index is 842.